The van der Waals surface area contributed by atoms with Crippen molar-refractivity contribution >= 4 is 21.8 Å². The molecule has 7 nitrogen and oxygen atoms in total. The van der Waals surface area contributed by atoms with Crippen LogP contribution in [0.15, 0.2) is 89.8 Å². The molecule has 1 aliphatic carbocycles. The number of nitrogens with zero attached hydrogens (tertiary/aromatic N) is 2. The van der Waals surface area contributed by atoms with Gasteiger partial charge in [0.15, 0.2) is 0 Å². The van der Waals surface area contributed by atoms with Crippen molar-refractivity contribution in [3.8, 4) is 0 Å². The lowest BCUT2D eigenvalue weighted by molar-refractivity contribution is -0.141. The van der Waals surface area contributed by atoms with Crippen LogP contribution in [0.25, 0.3) is 0 Å². The minimum atomic E-state index is -3.90. The van der Waals surface area contributed by atoms with Crippen molar-refractivity contribution < 1.29 is 18.0 Å². The molecule has 2 amide bonds. The first-order valence-corrected chi connectivity index (χ1v) is 14.9. The van der Waals surface area contributed by atoms with Gasteiger partial charge in [-0.3, -0.25) is 9.59 Å². The lowest BCUT2D eigenvalue weighted by Crippen LogP contribution is -2.54. The molecular weight excluding hydrogens is 510 g/mol. The maximum Gasteiger partial charge on any atom is 0.243 e. The standard InChI is InChI=1S/C31H37N3O4S/c1-24-17-19-28(20-18-24)39(37,38)33(2)23-30(35)34(22-26-13-7-4-8-14-26)29(21-25-11-5-3-6-12-25)31(36)32-27-15-9-10-16-27/h3-8,11-14,17-20,27,29H,9-10,15-16,21-23H2,1-2H3,(H,32,36). The van der Waals surface area contributed by atoms with E-state index in [-0.39, 0.29) is 29.9 Å². The number of rotatable bonds is 11. The number of benzene rings is 3. The molecule has 0 bridgehead atoms. The number of amides is 2. The Kier molecular flexibility index (Phi) is 9.54. The zero-order chi connectivity index (χ0) is 27.8. The van der Waals surface area contributed by atoms with E-state index in [1.54, 1.807) is 24.3 Å². The Morgan fingerprint density at radius 2 is 1.44 bits per heavy atom. The largest absolute Gasteiger partial charge is 0.352 e. The molecule has 3 aromatic rings. The minimum Gasteiger partial charge on any atom is -0.352 e. The first-order chi connectivity index (χ1) is 18.7. The average Bonchev–Trinajstić information content (AvgIpc) is 3.45. The summed E-state index contributed by atoms with van der Waals surface area (Å²) < 4.78 is 27.6. The number of hydrogen-bond acceptors (Lipinski definition) is 4. The summed E-state index contributed by atoms with van der Waals surface area (Å²) in [4.78, 5) is 29.3. The summed E-state index contributed by atoms with van der Waals surface area (Å²) in [5.41, 5.74) is 2.73. The van der Waals surface area contributed by atoms with E-state index in [0.29, 0.717) is 6.42 Å². The lowest BCUT2D eigenvalue weighted by atomic mass is 10.0. The molecule has 1 N–H and O–H groups in total. The summed E-state index contributed by atoms with van der Waals surface area (Å²) in [6.45, 7) is 1.69. The highest BCUT2D eigenvalue weighted by atomic mass is 32.2. The Bertz CT molecular complexity index is 1340. The molecule has 0 aromatic heterocycles. The smallest absolute Gasteiger partial charge is 0.243 e. The normalized spacial score (nSPS) is 14.7. The molecule has 39 heavy (non-hydrogen) atoms. The third-order valence-electron chi connectivity index (χ3n) is 7.26. The van der Waals surface area contributed by atoms with Gasteiger partial charge in [-0.05, 0) is 43.0 Å². The van der Waals surface area contributed by atoms with Crippen LogP contribution in [0.3, 0.4) is 0 Å². The Balaban J connectivity index is 1.64. The predicted molar refractivity (Wildman–Crippen MR) is 152 cm³/mol. The van der Waals surface area contributed by atoms with E-state index in [4.69, 9.17) is 0 Å². The molecule has 1 fully saturated rings. The summed E-state index contributed by atoms with van der Waals surface area (Å²) >= 11 is 0. The number of sulfonamides is 1. The van der Waals surface area contributed by atoms with E-state index < -0.39 is 22.0 Å². The van der Waals surface area contributed by atoms with Gasteiger partial charge in [-0.2, -0.15) is 4.31 Å². The molecule has 1 unspecified atom stereocenters. The van der Waals surface area contributed by atoms with Crippen molar-refractivity contribution in [3.05, 3.63) is 102 Å². The van der Waals surface area contributed by atoms with Gasteiger partial charge in [0.1, 0.15) is 6.04 Å². The van der Waals surface area contributed by atoms with E-state index in [0.717, 1.165) is 46.7 Å². The van der Waals surface area contributed by atoms with Crippen LogP contribution in [-0.4, -0.2) is 55.1 Å². The van der Waals surface area contributed by atoms with Crippen molar-refractivity contribution in [1.82, 2.24) is 14.5 Å². The van der Waals surface area contributed by atoms with Gasteiger partial charge in [0.25, 0.3) is 0 Å². The number of likely N-dealkylation sites (N-methyl/N-ethyl adjacent to an activating group) is 1. The summed E-state index contributed by atoms with van der Waals surface area (Å²) in [5, 5.41) is 3.17. The molecule has 0 aliphatic heterocycles. The molecule has 3 aromatic carbocycles. The fourth-order valence-electron chi connectivity index (χ4n) is 4.96. The van der Waals surface area contributed by atoms with E-state index >= 15 is 0 Å². The number of aryl methyl sites for hydroxylation is 1. The Morgan fingerprint density at radius 1 is 0.872 bits per heavy atom. The second-order valence-electron chi connectivity index (χ2n) is 10.3. The highest BCUT2D eigenvalue weighted by Gasteiger charge is 2.34. The number of hydrogen-bond donors (Lipinski definition) is 1. The zero-order valence-electron chi connectivity index (χ0n) is 22.6. The SMILES string of the molecule is Cc1ccc(S(=O)(=O)N(C)CC(=O)N(Cc2ccccc2)C(Cc2ccccc2)C(=O)NC2CCCC2)cc1. The molecule has 4 rings (SSSR count). The van der Waals surface area contributed by atoms with Crippen molar-refractivity contribution in [2.75, 3.05) is 13.6 Å². The van der Waals surface area contributed by atoms with Crippen LogP contribution in [0, 0.1) is 6.92 Å². The quantitative estimate of drug-likeness (QED) is 0.388. The Labute approximate surface area is 231 Å². The van der Waals surface area contributed by atoms with E-state index in [1.165, 1.54) is 11.9 Å². The third-order valence-corrected chi connectivity index (χ3v) is 9.07. The molecule has 1 saturated carbocycles. The number of nitrogens with one attached hydrogen (secondary N) is 1. The number of carbonyl (C=O) groups is 2. The van der Waals surface area contributed by atoms with Gasteiger partial charge in [0, 0.05) is 26.1 Å². The van der Waals surface area contributed by atoms with Crippen molar-refractivity contribution in [2.45, 2.75) is 62.6 Å². The van der Waals surface area contributed by atoms with Crippen molar-refractivity contribution in [3.63, 3.8) is 0 Å². The molecule has 0 saturated heterocycles. The zero-order valence-corrected chi connectivity index (χ0v) is 23.4. The fourth-order valence-corrected chi connectivity index (χ4v) is 6.08. The second kappa shape index (κ2) is 13.0. The van der Waals surface area contributed by atoms with Crippen molar-refractivity contribution in [1.29, 1.82) is 0 Å². The van der Waals surface area contributed by atoms with Crippen LogP contribution in [0.4, 0.5) is 0 Å². The predicted octanol–water partition coefficient (Wildman–Crippen LogP) is 4.31. The lowest BCUT2D eigenvalue weighted by Gasteiger charge is -2.33. The van der Waals surface area contributed by atoms with Crippen LogP contribution >= 0.6 is 0 Å². The number of carbonyl (C=O) groups excluding carboxylic acids is 2. The minimum absolute atomic E-state index is 0.0917. The van der Waals surface area contributed by atoms with Crippen LogP contribution < -0.4 is 5.32 Å². The van der Waals surface area contributed by atoms with E-state index in [9.17, 15) is 18.0 Å². The van der Waals surface area contributed by atoms with Gasteiger partial charge in [0.2, 0.25) is 21.8 Å². The van der Waals surface area contributed by atoms with Crippen LogP contribution in [0.1, 0.15) is 42.4 Å². The molecule has 1 atom stereocenters. The summed E-state index contributed by atoms with van der Waals surface area (Å²) in [7, 11) is -2.49. The van der Waals surface area contributed by atoms with Crippen LogP contribution in [0.2, 0.25) is 0 Å². The summed E-state index contributed by atoms with van der Waals surface area (Å²) in [5.74, 6) is -0.640. The van der Waals surface area contributed by atoms with Crippen LogP contribution in [0.5, 0.6) is 0 Å². The Morgan fingerprint density at radius 3 is 2.03 bits per heavy atom. The highest BCUT2D eigenvalue weighted by Crippen LogP contribution is 2.21. The Hall–Kier alpha value is -3.49. The first kappa shape index (κ1) is 28.5. The van der Waals surface area contributed by atoms with Crippen LogP contribution in [-0.2, 0) is 32.6 Å². The van der Waals surface area contributed by atoms with Gasteiger partial charge in [-0.15, -0.1) is 0 Å². The molecule has 8 heteroatoms. The molecule has 0 heterocycles. The topological polar surface area (TPSA) is 86.8 Å². The maximum atomic E-state index is 13.9. The van der Waals surface area contributed by atoms with Gasteiger partial charge < -0.3 is 10.2 Å². The average molecular weight is 548 g/mol. The third kappa shape index (κ3) is 7.55. The highest BCUT2D eigenvalue weighted by molar-refractivity contribution is 7.89. The monoisotopic (exact) mass is 547 g/mol. The van der Waals surface area contributed by atoms with E-state index in [1.807, 2.05) is 67.6 Å². The van der Waals surface area contributed by atoms with E-state index in [2.05, 4.69) is 5.32 Å². The second-order valence-corrected chi connectivity index (χ2v) is 12.3. The van der Waals surface area contributed by atoms with Gasteiger partial charge >= 0.3 is 0 Å². The summed E-state index contributed by atoms with van der Waals surface area (Å²) in [6.07, 6.45) is 4.32. The van der Waals surface area contributed by atoms with Gasteiger partial charge in [0.05, 0.1) is 11.4 Å². The first-order valence-electron chi connectivity index (χ1n) is 13.4. The molecule has 1 aliphatic rings. The van der Waals surface area contributed by atoms with Gasteiger partial charge in [-0.1, -0.05) is 91.2 Å². The summed E-state index contributed by atoms with van der Waals surface area (Å²) in [6, 6.07) is 24.9. The molecule has 206 valence electrons. The molecule has 0 radical (unpaired) electrons. The molecule has 0 spiro atoms. The van der Waals surface area contributed by atoms with Gasteiger partial charge in [-0.25, -0.2) is 8.42 Å². The molecular formula is C31H37N3O4S. The van der Waals surface area contributed by atoms with Crippen molar-refractivity contribution in [2.24, 2.45) is 0 Å². The maximum absolute atomic E-state index is 13.9. The fraction of sp³-hybridized carbons (Fsp3) is 0.355.